The molecular formula is C18H15N2O+. The van der Waals surface area contributed by atoms with Crippen LogP contribution in [0.3, 0.4) is 0 Å². The zero-order chi connectivity index (χ0) is 14.4. The van der Waals surface area contributed by atoms with Crippen LogP contribution in [0.5, 0.6) is 0 Å². The van der Waals surface area contributed by atoms with Gasteiger partial charge in [0.05, 0.1) is 17.5 Å². The van der Waals surface area contributed by atoms with Gasteiger partial charge in [0.2, 0.25) is 5.69 Å². The summed E-state index contributed by atoms with van der Waals surface area (Å²) in [7, 11) is 2.05. The van der Waals surface area contributed by atoms with Crippen molar-refractivity contribution in [1.29, 1.82) is 0 Å². The lowest BCUT2D eigenvalue weighted by Gasteiger charge is -2.05. The van der Waals surface area contributed by atoms with Crippen LogP contribution < -0.4 is 4.57 Å². The second kappa shape index (κ2) is 4.42. The van der Waals surface area contributed by atoms with Crippen molar-refractivity contribution in [3.8, 4) is 11.3 Å². The highest BCUT2D eigenvalue weighted by atomic mass is 16.3. The van der Waals surface area contributed by atoms with E-state index in [-0.39, 0.29) is 0 Å². The smallest absolute Gasteiger partial charge is 0.214 e. The molecule has 1 aromatic carbocycles. The maximum atomic E-state index is 5.94. The second-order valence-electron chi connectivity index (χ2n) is 5.25. The number of aryl methyl sites for hydroxylation is 2. The Balaban J connectivity index is 2.22. The predicted molar refractivity (Wildman–Crippen MR) is 82.9 cm³/mol. The van der Waals surface area contributed by atoms with Crippen molar-refractivity contribution in [2.45, 2.75) is 6.92 Å². The molecule has 0 N–H and O–H groups in total. The summed E-state index contributed by atoms with van der Waals surface area (Å²) in [5.74, 6) is 0. The van der Waals surface area contributed by atoms with Crippen LogP contribution in [0, 0.1) is 6.92 Å². The van der Waals surface area contributed by atoms with E-state index in [1.807, 2.05) is 37.4 Å². The number of nitrogens with zero attached hydrogens (tertiary/aromatic N) is 2. The number of fused-ring (bicyclic) bond motifs is 3. The van der Waals surface area contributed by atoms with E-state index in [0.29, 0.717) is 0 Å². The number of hydrogen-bond acceptors (Lipinski definition) is 2. The van der Waals surface area contributed by atoms with Crippen LogP contribution in [0.25, 0.3) is 33.2 Å². The zero-order valence-electron chi connectivity index (χ0n) is 12.0. The number of pyridine rings is 2. The van der Waals surface area contributed by atoms with Gasteiger partial charge in [0.1, 0.15) is 12.6 Å². The first kappa shape index (κ1) is 12.1. The molecule has 0 spiro atoms. The summed E-state index contributed by atoms with van der Waals surface area (Å²) in [6, 6.07) is 14.3. The molecule has 0 aliphatic carbocycles. The fourth-order valence-corrected chi connectivity index (χ4v) is 2.91. The van der Waals surface area contributed by atoms with E-state index >= 15 is 0 Å². The van der Waals surface area contributed by atoms with Gasteiger partial charge in [-0.15, -0.1) is 0 Å². The third-order valence-corrected chi connectivity index (χ3v) is 3.92. The molecule has 4 rings (SSSR count). The lowest BCUT2D eigenvalue weighted by Crippen LogP contribution is -2.30. The molecule has 21 heavy (non-hydrogen) atoms. The first-order chi connectivity index (χ1) is 10.3. The van der Waals surface area contributed by atoms with Crippen LogP contribution >= 0.6 is 0 Å². The average Bonchev–Trinajstić information content (AvgIpc) is 2.87. The summed E-state index contributed by atoms with van der Waals surface area (Å²) >= 11 is 0. The van der Waals surface area contributed by atoms with Crippen molar-refractivity contribution in [3.63, 3.8) is 0 Å². The number of benzene rings is 1. The van der Waals surface area contributed by atoms with E-state index in [2.05, 4.69) is 41.0 Å². The van der Waals surface area contributed by atoms with Gasteiger partial charge in [-0.25, -0.2) is 4.57 Å². The lowest BCUT2D eigenvalue weighted by atomic mass is 10.0. The van der Waals surface area contributed by atoms with Crippen LogP contribution in [0.15, 0.2) is 59.3 Å². The van der Waals surface area contributed by atoms with Gasteiger partial charge in [-0.1, -0.05) is 18.2 Å². The minimum Gasteiger partial charge on any atom is -0.454 e. The number of furan rings is 1. The summed E-state index contributed by atoms with van der Waals surface area (Å²) in [6.07, 6.45) is 3.87. The Kier molecular flexibility index (Phi) is 2.54. The topological polar surface area (TPSA) is 29.9 Å². The molecule has 0 aliphatic heterocycles. The number of para-hydroxylation sites is 1. The van der Waals surface area contributed by atoms with Crippen LogP contribution in [0.1, 0.15) is 5.69 Å². The van der Waals surface area contributed by atoms with E-state index in [0.717, 1.165) is 38.9 Å². The molecule has 4 aromatic rings. The van der Waals surface area contributed by atoms with Gasteiger partial charge in [0, 0.05) is 22.9 Å². The molecule has 0 saturated heterocycles. The molecule has 0 bridgehead atoms. The summed E-state index contributed by atoms with van der Waals surface area (Å²) < 4.78 is 8.05. The molecule has 0 radical (unpaired) electrons. The second-order valence-corrected chi connectivity index (χ2v) is 5.25. The highest BCUT2D eigenvalue weighted by molar-refractivity contribution is 6.11. The molecule has 3 nitrogen and oxygen atoms in total. The van der Waals surface area contributed by atoms with Crippen molar-refractivity contribution in [2.24, 2.45) is 7.05 Å². The van der Waals surface area contributed by atoms with Crippen molar-refractivity contribution in [3.05, 3.63) is 60.6 Å². The SMILES string of the molecule is Cc1ncc2oc3ccccc3c2c1-c1cccc[n+]1C. The predicted octanol–water partition coefficient (Wildman–Crippen LogP) is 3.78. The Bertz CT molecular complexity index is 969. The summed E-state index contributed by atoms with van der Waals surface area (Å²) in [5, 5.41) is 2.27. The largest absolute Gasteiger partial charge is 0.454 e. The van der Waals surface area contributed by atoms with Crippen LogP contribution in [-0.2, 0) is 7.05 Å². The Morgan fingerprint density at radius 2 is 1.81 bits per heavy atom. The molecule has 0 atom stereocenters. The van der Waals surface area contributed by atoms with Gasteiger partial charge in [-0.05, 0) is 19.1 Å². The van der Waals surface area contributed by atoms with E-state index in [4.69, 9.17) is 4.42 Å². The molecule has 0 fully saturated rings. The molecule has 3 aromatic heterocycles. The molecule has 0 amide bonds. The van der Waals surface area contributed by atoms with Gasteiger partial charge >= 0.3 is 0 Å². The minimum absolute atomic E-state index is 0.834. The molecule has 0 unspecified atom stereocenters. The summed E-state index contributed by atoms with van der Waals surface area (Å²) in [4.78, 5) is 4.51. The third-order valence-electron chi connectivity index (χ3n) is 3.92. The van der Waals surface area contributed by atoms with Gasteiger partial charge in [0.15, 0.2) is 11.8 Å². The number of hydrogen-bond donors (Lipinski definition) is 0. The van der Waals surface area contributed by atoms with Gasteiger partial charge in [-0.3, -0.25) is 4.98 Å². The standard InChI is InChI=1S/C18H15N2O/c1-12-17(14-8-5-6-10-20(14)2)18-13-7-3-4-9-15(13)21-16(18)11-19-12/h3-11H,1-2H3/q+1. The Morgan fingerprint density at radius 1 is 1.00 bits per heavy atom. The third kappa shape index (κ3) is 1.74. The fourth-order valence-electron chi connectivity index (χ4n) is 2.91. The number of aromatic nitrogens is 2. The van der Waals surface area contributed by atoms with Gasteiger partial charge < -0.3 is 4.42 Å². The minimum atomic E-state index is 0.834. The monoisotopic (exact) mass is 275 g/mol. The Morgan fingerprint density at radius 3 is 2.67 bits per heavy atom. The van der Waals surface area contributed by atoms with E-state index in [1.54, 1.807) is 0 Å². The molecule has 102 valence electrons. The quantitative estimate of drug-likeness (QED) is 0.495. The van der Waals surface area contributed by atoms with Gasteiger partial charge in [-0.2, -0.15) is 0 Å². The first-order valence-corrected chi connectivity index (χ1v) is 6.97. The highest BCUT2D eigenvalue weighted by Crippen LogP contribution is 2.36. The lowest BCUT2D eigenvalue weighted by molar-refractivity contribution is -0.660. The average molecular weight is 275 g/mol. The molecular weight excluding hydrogens is 260 g/mol. The Hall–Kier alpha value is -2.68. The van der Waals surface area contributed by atoms with Crippen LogP contribution in [-0.4, -0.2) is 4.98 Å². The Labute approximate surface area is 122 Å². The van der Waals surface area contributed by atoms with Gasteiger partial charge in [0.25, 0.3) is 0 Å². The molecule has 0 aliphatic rings. The van der Waals surface area contributed by atoms with Crippen LogP contribution in [0.4, 0.5) is 0 Å². The van der Waals surface area contributed by atoms with E-state index in [1.165, 1.54) is 0 Å². The first-order valence-electron chi connectivity index (χ1n) is 6.97. The van der Waals surface area contributed by atoms with E-state index in [9.17, 15) is 0 Å². The molecule has 0 saturated carbocycles. The zero-order valence-corrected chi connectivity index (χ0v) is 12.0. The fraction of sp³-hybridized carbons (Fsp3) is 0.111. The van der Waals surface area contributed by atoms with Crippen molar-refractivity contribution < 1.29 is 8.98 Å². The molecule has 3 heterocycles. The summed E-state index contributed by atoms with van der Waals surface area (Å²) in [6.45, 7) is 2.05. The summed E-state index contributed by atoms with van der Waals surface area (Å²) in [5.41, 5.74) is 5.02. The normalized spacial score (nSPS) is 11.3. The maximum absolute atomic E-state index is 5.94. The van der Waals surface area contributed by atoms with Crippen LogP contribution in [0.2, 0.25) is 0 Å². The maximum Gasteiger partial charge on any atom is 0.214 e. The number of rotatable bonds is 1. The van der Waals surface area contributed by atoms with E-state index < -0.39 is 0 Å². The van der Waals surface area contributed by atoms with Crippen molar-refractivity contribution >= 4 is 21.9 Å². The molecule has 3 heteroatoms. The highest BCUT2D eigenvalue weighted by Gasteiger charge is 2.20. The van der Waals surface area contributed by atoms with Crippen molar-refractivity contribution in [1.82, 2.24) is 4.98 Å². The van der Waals surface area contributed by atoms with Crippen molar-refractivity contribution in [2.75, 3.05) is 0 Å².